The molecule has 2 aliphatic heterocycles. The lowest BCUT2D eigenvalue weighted by molar-refractivity contribution is -0.145. The number of hydrogen-bond acceptors (Lipinski definition) is 12. The fourth-order valence-corrected chi connectivity index (χ4v) is 8.88. The predicted octanol–water partition coefficient (Wildman–Crippen LogP) is 2.27. The Bertz CT molecular complexity index is 1070. The van der Waals surface area contributed by atoms with Crippen LogP contribution in [0.25, 0.3) is 0 Å². The smallest absolute Gasteiger partial charge is 0.353 e. The predicted molar refractivity (Wildman–Crippen MR) is 120 cm³/mol. The van der Waals surface area contributed by atoms with E-state index < -0.39 is 21.5 Å². The minimum Gasteiger partial charge on any atom is -0.477 e. The Labute approximate surface area is 197 Å². The molecular weight excluding hydrogens is 501 g/mol. The number of hydrogen-bond donors (Lipinski definition) is 2. The molecule has 1 fully saturated rings. The Balaban J connectivity index is 1.75. The zero-order valence-electron chi connectivity index (χ0n) is 16.4. The SMILES string of the molecule is CCc1nnc(SC2=C(C(=O)O)N3C(=O)C(Sc4nncs4)[C@H]3SC2(C)NC(C)=O)s1. The van der Waals surface area contributed by atoms with Crippen molar-refractivity contribution in [2.24, 2.45) is 0 Å². The number of fused-ring (bicyclic) bond motifs is 1. The first-order valence-electron chi connectivity index (χ1n) is 8.94. The van der Waals surface area contributed by atoms with Gasteiger partial charge in [-0.25, -0.2) is 4.79 Å². The molecule has 4 rings (SSSR count). The lowest BCUT2D eigenvalue weighted by atomic mass is 10.1. The number of thioether (sulfide) groups is 3. The van der Waals surface area contributed by atoms with Gasteiger partial charge in [-0.2, -0.15) is 0 Å². The standard InChI is InChI=1S/C16H16N6O4S5/c1-4-7-19-21-15(28-7)30-10-8(13(25)26)22-11(24)9(29-14-20-17-5-27-14)12(22)31-16(10,3)18-6(2)23/h5,9,12H,4H2,1-3H3,(H,18,23)(H,25,26)/t9?,12-,16?/m1/s1. The van der Waals surface area contributed by atoms with E-state index >= 15 is 0 Å². The molecule has 2 aromatic heterocycles. The van der Waals surface area contributed by atoms with Crippen LogP contribution in [0.3, 0.4) is 0 Å². The molecular formula is C16H16N6O4S5. The summed E-state index contributed by atoms with van der Waals surface area (Å²) < 4.78 is 1.18. The number of carbonyl (C=O) groups is 3. The van der Waals surface area contributed by atoms with Crippen molar-refractivity contribution in [1.82, 2.24) is 30.6 Å². The molecule has 4 heterocycles. The van der Waals surface area contributed by atoms with Gasteiger partial charge in [-0.15, -0.1) is 32.2 Å². The third-order valence-electron chi connectivity index (χ3n) is 4.37. The van der Waals surface area contributed by atoms with Crippen molar-refractivity contribution in [3.8, 4) is 0 Å². The van der Waals surface area contributed by atoms with Gasteiger partial charge in [0.25, 0.3) is 0 Å². The van der Waals surface area contributed by atoms with E-state index in [2.05, 4.69) is 25.7 Å². The van der Waals surface area contributed by atoms with Crippen LogP contribution >= 0.6 is 58.0 Å². The maximum Gasteiger partial charge on any atom is 0.353 e. The van der Waals surface area contributed by atoms with E-state index in [4.69, 9.17) is 0 Å². The molecule has 0 spiro atoms. The van der Waals surface area contributed by atoms with Gasteiger partial charge in [-0.05, 0) is 13.3 Å². The maximum atomic E-state index is 12.9. The molecule has 2 aliphatic rings. The van der Waals surface area contributed by atoms with Gasteiger partial charge in [0.05, 0.1) is 4.91 Å². The van der Waals surface area contributed by atoms with Gasteiger partial charge in [-0.1, -0.05) is 53.1 Å². The normalized spacial score (nSPS) is 25.3. The number of nitrogens with zero attached hydrogens (tertiary/aromatic N) is 5. The van der Waals surface area contributed by atoms with Crippen molar-refractivity contribution >= 4 is 75.7 Å². The summed E-state index contributed by atoms with van der Waals surface area (Å²) in [4.78, 5) is 37.8. The lowest BCUT2D eigenvalue weighted by Crippen LogP contribution is -2.67. The summed E-state index contributed by atoms with van der Waals surface area (Å²) in [6, 6.07) is 0. The topological polar surface area (TPSA) is 138 Å². The monoisotopic (exact) mass is 516 g/mol. The van der Waals surface area contributed by atoms with Crippen LogP contribution < -0.4 is 5.32 Å². The summed E-state index contributed by atoms with van der Waals surface area (Å²) in [5, 5.41) is 28.7. The van der Waals surface area contributed by atoms with E-state index in [9.17, 15) is 19.5 Å². The molecule has 2 unspecified atom stereocenters. The average Bonchev–Trinajstić information content (AvgIpc) is 3.38. The highest BCUT2D eigenvalue weighted by Gasteiger charge is 2.60. The van der Waals surface area contributed by atoms with Gasteiger partial charge in [0.1, 0.15) is 31.7 Å². The number of aryl methyl sites for hydroxylation is 1. The first-order valence-corrected chi connectivity index (χ1v) is 13.2. The van der Waals surface area contributed by atoms with Crippen molar-refractivity contribution in [2.45, 2.75) is 51.4 Å². The highest BCUT2D eigenvalue weighted by molar-refractivity contribution is 8.09. The molecule has 0 radical (unpaired) electrons. The van der Waals surface area contributed by atoms with E-state index in [0.29, 0.717) is 20.0 Å². The highest BCUT2D eigenvalue weighted by atomic mass is 32.2. The van der Waals surface area contributed by atoms with E-state index in [1.807, 2.05) is 6.92 Å². The molecule has 2 N–H and O–H groups in total. The largest absolute Gasteiger partial charge is 0.477 e. The Hall–Kier alpha value is -1.68. The number of β-lactam (4-membered cyclic amide) rings is 1. The molecule has 2 amide bonds. The van der Waals surface area contributed by atoms with Crippen molar-refractivity contribution in [3.05, 3.63) is 21.1 Å². The number of carboxylic acid groups (broad SMARTS) is 1. The number of nitrogens with one attached hydrogen (secondary N) is 1. The van der Waals surface area contributed by atoms with Crippen LogP contribution in [0.2, 0.25) is 0 Å². The second-order valence-corrected chi connectivity index (χ2v) is 12.7. The Morgan fingerprint density at radius 1 is 1.32 bits per heavy atom. The molecule has 31 heavy (non-hydrogen) atoms. The maximum absolute atomic E-state index is 12.9. The number of aromatic nitrogens is 4. The number of carboxylic acids is 1. The van der Waals surface area contributed by atoms with E-state index in [-0.39, 0.29) is 17.5 Å². The minimum atomic E-state index is -1.24. The summed E-state index contributed by atoms with van der Waals surface area (Å²) in [5.74, 6) is -1.86. The summed E-state index contributed by atoms with van der Waals surface area (Å²) in [7, 11) is 0. The van der Waals surface area contributed by atoms with Crippen molar-refractivity contribution in [2.75, 3.05) is 0 Å². The number of carbonyl (C=O) groups excluding carboxylic acids is 2. The summed E-state index contributed by atoms with van der Waals surface area (Å²) in [5.41, 5.74) is 1.43. The molecule has 0 bridgehead atoms. The van der Waals surface area contributed by atoms with E-state index in [1.165, 1.54) is 58.0 Å². The fourth-order valence-electron chi connectivity index (χ4n) is 3.13. The first-order chi connectivity index (χ1) is 14.7. The van der Waals surface area contributed by atoms with Gasteiger partial charge < -0.3 is 10.4 Å². The van der Waals surface area contributed by atoms with Crippen molar-refractivity contribution < 1.29 is 19.5 Å². The van der Waals surface area contributed by atoms with Crippen LogP contribution in [-0.4, -0.2) is 63.7 Å². The lowest BCUT2D eigenvalue weighted by Gasteiger charge is -2.53. The van der Waals surface area contributed by atoms with Gasteiger partial charge in [0, 0.05) is 6.92 Å². The summed E-state index contributed by atoms with van der Waals surface area (Å²) in [6.45, 7) is 5.08. The van der Waals surface area contributed by atoms with Gasteiger partial charge in [-0.3, -0.25) is 14.5 Å². The molecule has 3 atom stereocenters. The molecule has 0 aromatic carbocycles. The third kappa shape index (κ3) is 4.20. The summed E-state index contributed by atoms with van der Waals surface area (Å²) in [6.07, 6.45) is 0.706. The van der Waals surface area contributed by atoms with Crippen LogP contribution in [0.1, 0.15) is 25.8 Å². The average molecular weight is 517 g/mol. The van der Waals surface area contributed by atoms with Crippen LogP contribution in [0.4, 0.5) is 0 Å². The Morgan fingerprint density at radius 3 is 2.68 bits per heavy atom. The van der Waals surface area contributed by atoms with Crippen LogP contribution in [0, 0.1) is 0 Å². The molecule has 0 saturated carbocycles. The van der Waals surface area contributed by atoms with Crippen LogP contribution in [0.15, 0.2) is 24.8 Å². The summed E-state index contributed by atoms with van der Waals surface area (Å²) >= 11 is 6.37. The zero-order chi connectivity index (χ0) is 22.3. The van der Waals surface area contributed by atoms with E-state index in [0.717, 1.165) is 16.8 Å². The second kappa shape index (κ2) is 8.69. The Morgan fingerprint density at radius 2 is 2.10 bits per heavy atom. The Kier molecular flexibility index (Phi) is 6.31. The van der Waals surface area contributed by atoms with E-state index in [1.54, 1.807) is 12.4 Å². The van der Waals surface area contributed by atoms with Gasteiger partial charge in [0.15, 0.2) is 8.68 Å². The van der Waals surface area contributed by atoms with Crippen LogP contribution in [0.5, 0.6) is 0 Å². The third-order valence-corrected chi connectivity index (χ3v) is 10.6. The van der Waals surface area contributed by atoms with Crippen molar-refractivity contribution in [1.29, 1.82) is 0 Å². The second-order valence-electron chi connectivity index (χ2n) is 6.57. The molecule has 2 aromatic rings. The van der Waals surface area contributed by atoms with Crippen LogP contribution in [-0.2, 0) is 20.8 Å². The number of amides is 2. The number of aliphatic carboxylic acids is 1. The molecule has 15 heteroatoms. The number of rotatable bonds is 7. The van der Waals surface area contributed by atoms with Gasteiger partial charge >= 0.3 is 5.97 Å². The van der Waals surface area contributed by atoms with Crippen molar-refractivity contribution in [3.63, 3.8) is 0 Å². The molecule has 10 nitrogen and oxygen atoms in total. The highest BCUT2D eigenvalue weighted by Crippen LogP contribution is 2.56. The molecule has 1 saturated heterocycles. The molecule has 0 aliphatic carbocycles. The quantitative estimate of drug-likeness (QED) is 0.524. The molecule has 164 valence electrons. The minimum absolute atomic E-state index is 0.141. The van der Waals surface area contributed by atoms with Gasteiger partial charge in [0.2, 0.25) is 11.8 Å². The first kappa shape index (κ1) is 22.5. The fraction of sp³-hybridized carbons (Fsp3) is 0.438. The zero-order valence-corrected chi connectivity index (χ0v) is 20.5.